The van der Waals surface area contributed by atoms with Crippen molar-refractivity contribution in [2.75, 3.05) is 6.61 Å². The number of hydrogen-bond acceptors (Lipinski definition) is 5. The van der Waals surface area contributed by atoms with Gasteiger partial charge in [-0.1, -0.05) is 11.8 Å². The van der Waals surface area contributed by atoms with Crippen LogP contribution in [0.3, 0.4) is 0 Å². The molecule has 0 saturated heterocycles. The number of halogens is 2. The monoisotopic (exact) mass is 293 g/mol. The molecule has 0 amide bonds. The summed E-state index contributed by atoms with van der Waals surface area (Å²) in [5.74, 6) is 3.00. The Morgan fingerprint density at radius 1 is 1.50 bits per heavy atom. The van der Waals surface area contributed by atoms with Crippen LogP contribution < -0.4 is 0 Å². The molecule has 0 bridgehead atoms. The van der Waals surface area contributed by atoms with Gasteiger partial charge in [-0.05, 0) is 6.07 Å². The van der Waals surface area contributed by atoms with Crippen molar-refractivity contribution in [1.29, 1.82) is 0 Å². The van der Waals surface area contributed by atoms with E-state index in [0.29, 0.717) is 12.1 Å². The van der Waals surface area contributed by atoms with Crippen molar-refractivity contribution in [2.24, 2.45) is 0 Å². The van der Waals surface area contributed by atoms with Gasteiger partial charge in [-0.2, -0.15) is 4.39 Å². The van der Waals surface area contributed by atoms with Crippen molar-refractivity contribution in [3.05, 3.63) is 33.6 Å². The molecular formula is C9H5ClFNO5S. The largest absolute Gasteiger partial charge is 0.384 e. The molecule has 0 spiro atoms. The molecule has 1 aromatic rings. The molecule has 1 aromatic carbocycles. The zero-order valence-electron chi connectivity index (χ0n) is 8.55. The van der Waals surface area contributed by atoms with Crippen molar-refractivity contribution in [1.82, 2.24) is 0 Å². The Labute approximate surface area is 106 Å². The number of benzene rings is 1. The SMILES string of the molecule is O=[N+]([O-])c1cc(S(=O)(=O)Cl)c(C#CCO)cc1F. The average Bonchev–Trinajstić information content (AvgIpc) is 2.23. The smallest absolute Gasteiger partial charge is 0.306 e. The summed E-state index contributed by atoms with van der Waals surface area (Å²) in [6.07, 6.45) is 0. The molecule has 0 saturated carbocycles. The van der Waals surface area contributed by atoms with Gasteiger partial charge in [0, 0.05) is 22.3 Å². The van der Waals surface area contributed by atoms with Crippen LogP contribution >= 0.6 is 10.7 Å². The molecule has 0 atom stereocenters. The highest BCUT2D eigenvalue weighted by atomic mass is 35.7. The Morgan fingerprint density at radius 2 is 2.11 bits per heavy atom. The zero-order valence-corrected chi connectivity index (χ0v) is 10.1. The summed E-state index contributed by atoms with van der Waals surface area (Å²) in [6, 6.07) is 1.06. The third-order valence-corrected chi connectivity index (χ3v) is 3.17. The van der Waals surface area contributed by atoms with Gasteiger partial charge in [-0.25, -0.2) is 8.42 Å². The summed E-state index contributed by atoms with van der Waals surface area (Å²) in [4.78, 5) is 8.72. The maximum absolute atomic E-state index is 13.3. The Bertz CT molecular complexity index is 662. The molecule has 0 aliphatic carbocycles. The van der Waals surface area contributed by atoms with Crippen LogP contribution in [0.15, 0.2) is 17.0 Å². The van der Waals surface area contributed by atoms with E-state index in [1.54, 1.807) is 0 Å². The van der Waals surface area contributed by atoms with E-state index in [-0.39, 0.29) is 5.56 Å². The van der Waals surface area contributed by atoms with Crippen molar-refractivity contribution in [3.63, 3.8) is 0 Å². The van der Waals surface area contributed by atoms with E-state index in [9.17, 15) is 22.9 Å². The van der Waals surface area contributed by atoms with Crippen LogP contribution in [0.25, 0.3) is 0 Å². The standard InChI is InChI=1S/C9H5ClFNO5S/c10-18(16,17)9-5-8(12(14)15)7(11)4-6(9)2-1-3-13/h4-5,13H,3H2. The highest BCUT2D eigenvalue weighted by Crippen LogP contribution is 2.27. The molecule has 1 rings (SSSR count). The summed E-state index contributed by atoms with van der Waals surface area (Å²) in [6.45, 7) is -0.583. The lowest BCUT2D eigenvalue weighted by Gasteiger charge is -2.01. The molecule has 0 aliphatic heterocycles. The van der Waals surface area contributed by atoms with Gasteiger partial charge < -0.3 is 5.11 Å². The minimum absolute atomic E-state index is 0.359. The molecule has 1 N–H and O–H groups in total. The Kier molecular flexibility index (Phi) is 4.24. The quantitative estimate of drug-likeness (QED) is 0.380. The Balaban J connectivity index is 3.63. The van der Waals surface area contributed by atoms with Crippen LogP contribution in [0, 0.1) is 27.8 Å². The molecule has 0 unspecified atom stereocenters. The third-order valence-electron chi connectivity index (χ3n) is 1.81. The molecule has 0 fully saturated rings. The average molecular weight is 294 g/mol. The minimum atomic E-state index is -4.32. The summed E-state index contributed by atoms with van der Waals surface area (Å²) >= 11 is 0. The third kappa shape index (κ3) is 3.16. The fourth-order valence-corrected chi connectivity index (χ4v) is 2.12. The summed E-state index contributed by atoms with van der Waals surface area (Å²) in [5.41, 5.74) is -1.38. The molecular weight excluding hydrogens is 289 g/mol. The van der Waals surface area contributed by atoms with Crippen LogP contribution in [0.2, 0.25) is 0 Å². The molecule has 0 aromatic heterocycles. The lowest BCUT2D eigenvalue weighted by atomic mass is 10.2. The Hall–Kier alpha value is -1.69. The molecule has 96 valence electrons. The van der Waals surface area contributed by atoms with E-state index in [2.05, 4.69) is 11.8 Å². The van der Waals surface area contributed by atoms with Gasteiger partial charge in [-0.3, -0.25) is 10.1 Å². The van der Waals surface area contributed by atoms with Gasteiger partial charge in [0.15, 0.2) is 0 Å². The number of nitro groups is 1. The minimum Gasteiger partial charge on any atom is -0.384 e. The fourth-order valence-electron chi connectivity index (χ4n) is 1.12. The van der Waals surface area contributed by atoms with E-state index < -0.39 is 37.0 Å². The van der Waals surface area contributed by atoms with Crippen molar-refractivity contribution >= 4 is 25.4 Å². The molecule has 18 heavy (non-hydrogen) atoms. The van der Waals surface area contributed by atoms with Crippen molar-refractivity contribution in [3.8, 4) is 11.8 Å². The predicted octanol–water partition coefficient (Wildman–Crippen LogP) is 1.01. The first-order chi connectivity index (χ1) is 8.27. The van der Waals surface area contributed by atoms with Crippen LogP contribution in [0.1, 0.15) is 5.56 Å². The zero-order chi connectivity index (χ0) is 13.9. The second-order valence-corrected chi connectivity index (χ2v) is 5.49. The van der Waals surface area contributed by atoms with Gasteiger partial charge in [0.05, 0.1) is 4.92 Å². The van der Waals surface area contributed by atoms with E-state index >= 15 is 0 Å². The van der Waals surface area contributed by atoms with Crippen LogP contribution in [-0.4, -0.2) is 25.1 Å². The second-order valence-electron chi connectivity index (χ2n) is 2.95. The highest BCUT2D eigenvalue weighted by molar-refractivity contribution is 8.13. The predicted molar refractivity (Wildman–Crippen MR) is 60.1 cm³/mol. The van der Waals surface area contributed by atoms with E-state index in [4.69, 9.17) is 15.8 Å². The van der Waals surface area contributed by atoms with Gasteiger partial charge in [0.25, 0.3) is 9.05 Å². The number of aliphatic hydroxyl groups excluding tert-OH is 1. The molecule has 0 aliphatic rings. The maximum atomic E-state index is 13.3. The highest BCUT2D eigenvalue weighted by Gasteiger charge is 2.23. The maximum Gasteiger partial charge on any atom is 0.306 e. The van der Waals surface area contributed by atoms with Crippen LogP contribution in [0.5, 0.6) is 0 Å². The topological polar surface area (TPSA) is 97.5 Å². The summed E-state index contributed by atoms with van der Waals surface area (Å²) in [5, 5.41) is 19.0. The summed E-state index contributed by atoms with van der Waals surface area (Å²) in [7, 11) is 0.749. The molecule has 0 radical (unpaired) electrons. The molecule has 9 heteroatoms. The number of nitro benzene ring substituents is 1. The van der Waals surface area contributed by atoms with Gasteiger partial charge in [-0.15, -0.1) is 0 Å². The number of nitrogens with zero attached hydrogens (tertiary/aromatic N) is 1. The number of rotatable bonds is 2. The van der Waals surface area contributed by atoms with E-state index in [0.717, 1.165) is 0 Å². The number of aliphatic hydroxyl groups is 1. The van der Waals surface area contributed by atoms with E-state index in [1.807, 2.05) is 0 Å². The Morgan fingerprint density at radius 3 is 2.56 bits per heavy atom. The molecule has 0 heterocycles. The first kappa shape index (κ1) is 14.4. The van der Waals surface area contributed by atoms with Crippen LogP contribution in [-0.2, 0) is 9.05 Å². The van der Waals surface area contributed by atoms with Crippen molar-refractivity contribution < 1.29 is 22.8 Å². The van der Waals surface area contributed by atoms with E-state index in [1.165, 1.54) is 0 Å². The van der Waals surface area contributed by atoms with Crippen molar-refractivity contribution in [2.45, 2.75) is 4.90 Å². The fraction of sp³-hybridized carbons (Fsp3) is 0.111. The first-order valence-electron chi connectivity index (χ1n) is 4.29. The van der Waals surface area contributed by atoms with Gasteiger partial charge >= 0.3 is 5.69 Å². The lowest BCUT2D eigenvalue weighted by molar-refractivity contribution is -0.387. The number of hydrogen-bond donors (Lipinski definition) is 1. The first-order valence-corrected chi connectivity index (χ1v) is 6.60. The molecule has 6 nitrogen and oxygen atoms in total. The van der Waals surface area contributed by atoms with Gasteiger partial charge in [0.2, 0.25) is 5.82 Å². The second kappa shape index (κ2) is 5.30. The lowest BCUT2D eigenvalue weighted by Crippen LogP contribution is -2.01. The van der Waals surface area contributed by atoms with Gasteiger partial charge in [0.1, 0.15) is 11.5 Å². The normalized spacial score (nSPS) is 10.6. The van der Waals surface area contributed by atoms with Crippen LogP contribution in [0.4, 0.5) is 10.1 Å². The summed E-state index contributed by atoms with van der Waals surface area (Å²) < 4.78 is 35.7.